The summed E-state index contributed by atoms with van der Waals surface area (Å²) in [7, 11) is 0. The fourth-order valence-corrected chi connectivity index (χ4v) is 1.67. The van der Waals surface area contributed by atoms with Crippen molar-refractivity contribution in [3.63, 3.8) is 0 Å². The van der Waals surface area contributed by atoms with Crippen molar-refractivity contribution in [2.24, 2.45) is 5.92 Å². The predicted molar refractivity (Wildman–Crippen MR) is 44.5 cm³/mol. The highest BCUT2D eigenvalue weighted by molar-refractivity contribution is 4.73. The number of hydrogen-bond acceptors (Lipinski definition) is 2. The van der Waals surface area contributed by atoms with Gasteiger partial charge in [-0.1, -0.05) is 0 Å². The number of aliphatic hydroxyl groups is 1. The Morgan fingerprint density at radius 1 is 1.55 bits per heavy atom. The summed E-state index contributed by atoms with van der Waals surface area (Å²) in [6.07, 6.45) is 3.23. The molecule has 0 amide bonds. The lowest BCUT2D eigenvalue weighted by molar-refractivity contribution is -0.00153. The lowest BCUT2D eigenvalue weighted by atomic mass is 9.90. The maximum Gasteiger partial charge on any atom is 0.0595 e. The average Bonchev–Trinajstić information content (AvgIpc) is 1.85. The predicted octanol–water partition coefficient (Wildman–Crippen LogP) is 1.57. The van der Waals surface area contributed by atoms with Gasteiger partial charge >= 0.3 is 0 Å². The van der Waals surface area contributed by atoms with Gasteiger partial charge in [0.1, 0.15) is 0 Å². The van der Waals surface area contributed by atoms with Crippen LogP contribution in [-0.4, -0.2) is 23.9 Å². The first-order valence-electron chi connectivity index (χ1n) is 4.38. The smallest absolute Gasteiger partial charge is 0.0595 e. The van der Waals surface area contributed by atoms with Crippen LogP contribution in [0.25, 0.3) is 0 Å². The third-order valence-corrected chi connectivity index (χ3v) is 2.04. The minimum Gasteiger partial charge on any atom is -0.390 e. The van der Waals surface area contributed by atoms with Gasteiger partial charge in [0, 0.05) is 13.2 Å². The Kier molecular flexibility index (Phi) is 2.90. The van der Waals surface area contributed by atoms with Crippen molar-refractivity contribution in [2.75, 3.05) is 13.2 Å². The lowest BCUT2D eigenvalue weighted by Crippen LogP contribution is -2.28. The molecule has 1 atom stereocenters. The largest absolute Gasteiger partial charge is 0.390 e. The van der Waals surface area contributed by atoms with Crippen LogP contribution in [0.3, 0.4) is 0 Å². The Morgan fingerprint density at radius 2 is 2.27 bits per heavy atom. The van der Waals surface area contributed by atoms with E-state index in [1.807, 2.05) is 13.8 Å². The second-order valence-corrected chi connectivity index (χ2v) is 4.10. The maximum atomic E-state index is 9.51. The molecule has 0 spiro atoms. The van der Waals surface area contributed by atoms with Gasteiger partial charge in [-0.05, 0) is 39.0 Å². The van der Waals surface area contributed by atoms with Gasteiger partial charge in [-0.15, -0.1) is 0 Å². The SMILES string of the molecule is CC(C)(O)CC1CCCOC1. The molecule has 11 heavy (non-hydrogen) atoms. The van der Waals surface area contributed by atoms with Crippen LogP contribution in [-0.2, 0) is 4.74 Å². The number of ether oxygens (including phenoxy) is 1. The van der Waals surface area contributed by atoms with Crippen LogP contribution in [0.5, 0.6) is 0 Å². The van der Waals surface area contributed by atoms with Crippen LogP contribution in [0, 0.1) is 5.92 Å². The first-order valence-corrected chi connectivity index (χ1v) is 4.38. The molecule has 1 aliphatic rings. The van der Waals surface area contributed by atoms with Crippen molar-refractivity contribution in [3.8, 4) is 0 Å². The van der Waals surface area contributed by atoms with Crippen molar-refractivity contribution >= 4 is 0 Å². The Labute approximate surface area is 68.6 Å². The standard InChI is InChI=1S/C9H18O2/c1-9(2,10)6-8-4-3-5-11-7-8/h8,10H,3-7H2,1-2H3. The Balaban J connectivity index is 2.24. The molecular formula is C9H18O2. The second-order valence-electron chi connectivity index (χ2n) is 4.10. The van der Waals surface area contributed by atoms with Crippen molar-refractivity contribution in [3.05, 3.63) is 0 Å². The molecule has 0 saturated carbocycles. The molecule has 1 aliphatic heterocycles. The van der Waals surface area contributed by atoms with Gasteiger partial charge in [-0.3, -0.25) is 0 Å². The van der Waals surface area contributed by atoms with Crippen LogP contribution in [0.15, 0.2) is 0 Å². The highest BCUT2D eigenvalue weighted by atomic mass is 16.5. The molecule has 1 fully saturated rings. The van der Waals surface area contributed by atoms with E-state index in [1.165, 1.54) is 6.42 Å². The summed E-state index contributed by atoms with van der Waals surface area (Å²) < 4.78 is 5.32. The van der Waals surface area contributed by atoms with E-state index >= 15 is 0 Å². The summed E-state index contributed by atoms with van der Waals surface area (Å²) in [5, 5.41) is 9.51. The third kappa shape index (κ3) is 3.73. The van der Waals surface area contributed by atoms with E-state index in [2.05, 4.69) is 0 Å². The van der Waals surface area contributed by atoms with E-state index in [0.717, 1.165) is 26.1 Å². The molecule has 1 rings (SSSR count). The number of hydrogen-bond donors (Lipinski definition) is 1. The topological polar surface area (TPSA) is 29.5 Å². The van der Waals surface area contributed by atoms with Crippen LogP contribution in [0.4, 0.5) is 0 Å². The van der Waals surface area contributed by atoms with E-state index in [9.17, 15) is 5.11 Å². The molecule has 1 saturated heterocycles. The fourth-order valence-electron chi connectivity index (χ4n) is 1.67. The quantitative estimate of drug-likeness (QED) is 0.661. The normalized spacial score (nSPS) is 27.0. The van der Waals surface area contributed by atoms with Gasteiger partial charge < -0.3 is 9.84 Å². The van der Waals surface area contributed by atoms with Crippen molar-refractivity contribution < 1.29 is 9.84 Å². The molecule has 2 nitrogen and oxygen atoms in total. The molecule has 0 aromatic heterocycles. The first-order chi connectivity index (χ1) is 5.08. The molecule has 66 valence electrons. The van der Waals surface area contributed by atoms with Crippen LogP contribution < -0.4 is 0 Å². The van der Waals surface area contributed by atoms with Crippen LogP contribution >= 0.6 is 0 Å². The summed E-state index contributed by atoms with van der Waals surface area (Å²) in [5.74, 6) is 0.573. The van der Waals surface area contributed by atoms with Crippen molar-refractivity contribution in [1.82, 2.24) is 0 Å². The summed E-state index contributed by atoms with van der Waals surface area (Å²) in [4.78, 5) is 0. The highest BCUT2D eigenvalue weighted by Gasteiger charge is 2.22. The zero-order valence-corrected chi connectivity index (χ0v) is 7.47. The van der Waals surface area contributed by atoms with Gasteiger partial charge in [0.25, 0.3) is 0 Å². The summed E-state index contributed by atoms with van der Waals surface area (Å²) in [5.41, 5.74) is -0.522. The molecule has 2 heteroatoms. The second kappa shape index (κ2) is 3.55. The monoisotopic (exact) mass is 158 g/mol. The van der Waals surface area contributed by atoms with Crippen LogP contribution in [0.1, 0.15) is 33.1 Å². The Hall–Kier alpha value is -0.0800. The molecule has 0 aliphatic carbocycles. The van der Waals surface area contributed by atoms with E-state index in [1.54, 1.807) is 0 Å². The Bertz CT molecular complexity index is 109. The third-order valence-electron chi connectivity index (χ3n) is 2.04. The first kappa shape index (κ1) is 9.01. The van der Waals surface area contributed by atoms with E-state index in [-0.39, 0.29) is 0 Å². The van der Waals surface area contributed by atoms with Gasteiger partial charge in [0.15, 0.2) is 0 Å². The molecule has 1 N–H and O–H groups in total. The Morgan fingerprint density at radius 3 is 2.73 bits per heavy atom. The zero-order valence-electron chi connectivity index (χ0n) is 7.47. The minimum absolute atomic E-state index is 0.522. The molecule has 0 bridgehead atoms. The molecule has 0 aromatic rings. The molecule has 1 heterocycles. The van der Waals surface area contributed by atoms with Crippen LogP contribution in [0.2, 0.25) is 0 Å². The molecule has 0 aromatic carbocycles. The summed E-state index contributed by atoms with van der Waals surface area (Å²) in [6, 6.07) is 0. The van der Waals surface area contributed by atoms with Gasteiger partial charge in [0.05, 0.1) is 5.60 Å². The zero-order chi connectivity index (χ0) is 8.32. The summed E-state index contributed by atoms with van der Waals surface area (Å²) in [6.45, 7) is 5.47. The maximum absolute atomic E-state index is 9.51. The van der Waals surface area contributed by atoms with Gasteiger partial charge in [0.2, 0.25) is 0 Å². The molecule has 0 radical (unpaired) electrons. The fraction of sp³-hybridized carbons (Fsp3) is 1.00. The van der Waals surface area contributed by atoms with E-state index in [0.29, 0.717) is 5.92 Å². The van der Waals surface area contributed by atoms with E-state index < -0.39 is 5.60 Å². The number of rotatable bonds is 2. The minimum atomic E-state index is -0.522. The van der Waals surface area contributed by atoms with Gasteiger partial charge in [-0.2, -0.15) is 0 Å². The lowest BCUT2D eigenvalue weighted by Gasteiger charge is -2.27. The molecule has 1 unspecified atom stereocenters. The van der Waals surface area contributed by atoms with E-state index in [4.69, 9.17) is 4.74 Å². The molecular weight excluding hydrogens is 140 g/mol. The average molecular weight is 158 g/mol. The van der Waals surface area contributed by atoms with Crippen molar-refractivity contribution in [1.29, 1.82) is 0 Å². The van der Waals surface area contributed by atoms with Gasteiger partial charge in [-0.25, -0.2) is 0 Å². The van der Waals surface area contributed by atoms with Crippen molar-refractivity contribution in [2.45, 2.75) is 38.7 Å². The highest BCUT2D eigenvalue weighted by Crippen LogP contribution is 2.23. The summed E-state index contributed by atoms with van der Waals surface area (Å²) >= 11 is 0.